The smallest absolute Gasteiger partial charge is 0.258 e. The van der Waals surface area contributed by atoms with Gasteiger partial charge in [0.25, 0.3) is 5.69 Å². The second kappa shape index (κ2) is 5.55. The number of fused-ring (bicyclic) bond motifs is 1. The molecule has 4 nitrogen and oxygen atoms in total. The summed E-state index contributed by atoms with van der Waals surface area (Å²) in [6.07, 6.45) is 1.22. The topological polar surface area (TPSA) is 56.0 Å². The lowest BCUT2D eigenvalue weighted by Gasteiger charge is -2.10. The van der Waals surface area contributed by atoms with Crippen LogP contribution in [0.3, 0.4) is 0 Å². The van der Waals surface area contributed by atoms with Crippen molar-refractivity contribution in [2.75, 3.05) is 0 Å². The molecule has 0 unspecified atom stereocenters. The first-order valence-electron chi connectivity index (χ1n) is 6.47. The summed E-state index contributed by atoms with van der Waals surface area (Å²) in [6.45, 7) is 1.88. The lowest BCUT2D eigenvalue weighted by Crippen LogP contribution is -1.96. The molecular weight excluding hydrogens is 323 g/mol. The van der Waals surface area contributed by atoms with E-state index >= 15 is 0 Å². The van der Waals surface area contributed by atoms with Crippen molar-refractivity contribution < 1.29 is 4.92 Å². The van der Waals surface area contributed by atoms with Crippen LogP contribution in [0.5, 0.6) is 0 Å². The average Bonchev–Trinajstić information content (AvgIpc) is 2.46. The summed E-state index contributed by atoms with van der Waals surface area (Å²) < 4.78 is 0. The molecule has 1 aromatic heterocycles. The predicted molar refractivity (Wildman–Crippen MR) is 88.6 cm³/mol. The lowest BCUT2D eigenvalue weighted by atomic mass is 9.98. The summed E-state index contributed by atoms with van der Waals surface area (Å²) in [7, 11) is 0. The Hall–Kier alpha value is -2.17. The minimum atomic E-state index is -0.457. The first-order valence-corrected chi connectivity index (χ1v) is 7.23. The van der Waals surface area contributed by atoms with Crippen molar-refractivity contribution in [3.8, 4) is 11.1 Å². The van der Waals surface area contributed by atoms with Crippen LogP contribution in [0.4, 0.5) is 5.69 Å². The van der Waals surface area contributed by atoms with E-state index in [4.69, 9.17) is 23.2 Å². The minimum Gasteiger partial charge on any atom is -0.258 e. The SMILES string of the molecule is Cc1cc(Cl)c2ncc([N+](=O)[O-])c(-c3ccccc3Cl)c2c1. The molecule has 22 heavy (non-hydrogen) atoms. The number of hydrogen-bond acceptors (Lipinski definition) is 3. The van der Waals surface area contributed by atoms with E-state index in [1.165, 1.54) is 6.20 Å². The summed E-state index contributed by atoms with van der Waals surface area (Å²) in [6, 6.07) is 10.6. The third-order valence-corrected chi connectivity index (χ3v) is 4.01. The van der Waals surface area contributed by atoms with Crippen molar-refractivity contribution in [1.82, 2.24) is 4.98 Å². The van der Waals surface area contributed by atoms with Crippen molar-refractivity contribution >= 4 is 39.8 Å². The summed E-state index contributed by atoms with van der Waals surface area (Å²) in [5.41, 5.74) is 2.35. The highest BCUT2D eigenvalue weighted by molar-refractivity contribution is 6.36. The van der Waals surface area contributed by atoms with Gasteiger partial charge in [0.1, 0.15) is 6.20 Å². The molecule has 0 amide bonds. The fourth-order valence-electron chi connectivity index (χ4n) is 2.47. The van der Waals surface area contributed by atoms with Crippen LogP contribution in [0, 0.1) is 17.0 Å². The van der Waals surface area contributed by atoms with Crippen LogP contribution in [0.25, 0.3) is 22.0 Å². The molecule has 110 valence electrons. The molecule has 0 fully saturated rings. The van der Waals surface area contributed by atoms with Crippen molar-refractivity contribution in [3.05, 3.63) is 68.3 Å². The molecule has 0 saturated carbocycles. The number of pyridine rings is 1. The van der Waals surface area contributed by atoms with Gasteiger partial charge in [-0.05, 0) is 30.7 Å². The van der Waals surface area contributed by atoms with Gasteiger partial charge >= 0.3 is 0 Å². The van der Waals surface area contributed by atoms with Crippen LogP contribution >= 0.6 is 23.2 Å². The minimum absolute atomic E-state index is 0.0951. The number of rotatable bonds is 2. The molecule has 0 aliphatic heterocycles. The van der Waals surface area contributed by atoms with E-state index in [1.54, 1.807) is 30.3 Å². The summed E-state index contributed by atoms with van der Waals surface area (Å²) in [5, 5.41) is 12.9. The first kappa shape index (κ1) is 14.8. The standard InChI is InChI=1S/C16H10Cl2N2O2/c1-9-6-11-15(10-4-2-3-5-12(10)17)14(20(21)22)8-19-16(11)13(18)7-9/h2-8H,1H3. The van der Waals surface area contributed by atoms with Crippen molar-refractivity contribution in [1.29, 1.82) is 0 Å². The van der Waals surface area contributed by atoms with E-state index in [1.807, 2.05) is 13.0 Å². The Morgan fingerprint density at radius 1 is 1.14 bits per heavy atom. The highest BCUT2D eigenvalue weighted by Gasteiger charge is 2.22. The Bertz CT molecular complexity index is 910. The van der Waals surface area contributed by atoms with Crippen LogP contribution in [-0.4, -0.2) is 9.91 Å². The second-order valence-electron chi connectivity index (χ2n) is 4.90. The van der Waals surface area contributed by atoms with E-state index in [2.05, 4.69) is 4.98 Å². The highest BCUT2D eigenvalue weighted by atomic mass is 35.5. The van der Waals surface area contributed by atoms with Gasteiger partial charge in [0.2, 0.25) is 0 Å². The van der Waals surface area contributed by atoms with Gasteiger partial charge in [0.05, 0.1) is 21.0 Å². The van der Waals surface area contributed by atoms with E-state index in [0.29, 0.717) is 32.1 Å². The van der Waals surface area contributed by atoms with Crippen molar-refractivity contribution in [2.24, 2.45) is 0 Å². The van der Waals surface area contributed by atoms with Gasteiger partial charge in [0.15, 0.2) is 0 Å². The molecule has 0 radical (unpaired) electrons. The van der Waals surface area contributed by atoms with Crippen LogP contribution in [0.2, 0.25) is 10.0 Å². The molecule has 3 aromatic rings. The molecule has 0 N–H and O–H groups in total. The van der Waals surface area contributed by atoms with Gasteiger partial charge in [0, 0.05) is 16.0 Å². The predicted octanol–water partition coefficient (Wildman–Crippen LogP) is 5.43. The number of aryl methyl sites for hydroxylation is 1. The maximum absolute atomic E-state index is 11.4. The molecule has 6 heteroatoms. The Labute approximate surface area is 136 Å². The molecule has 2 aromatic carbocycles. The Kier molecular flexibility index (Phi) is 3.72. The number of nitro groups is 1. The summed E-state index contributed by atoms with van der Waals surface area (Å²) in [5.74, 6) is 0. The van der Waals surface area contributed by atoms with Crippen LogP contribution < -0.4 is 0 Å². The Balaban J connectivity index is 2.51. The molecule has 0 aliphatic rings. The molecule has 0 spiro atoms. The Morgan fingerprint density at radius 3 is 2.55 bits per heavy atom. The van der Waals surface area contributed by atoms with Crippen LogP contribution in [0.1, 0.15) is 5.56 Å². The zero-order chi connectivity index (χ0) is 15.9. The first-order chi connectivity index (χ1) is 10.5. The zero-order valence-electron chi connectivity index (χ0n) is 11.5. The fraction of sp³-hybridized carbons (Fsp3) is 0.0625. The lowest BCUT2D eigenvalue weighted by molar-refractivity contribution is -0.384. The van der Waals surface area contributed by atoms with Crippen molar-refractivity contribution in [2.45, 2.75) is 6.92 Å². The van der Waals surface area contributed by atoms with Crippen LogP contribution in [0.15, 0.2) is 42.6 Å². The number of nitrogens with zero attached hydrogens (tertiary/aromatic N) is 2. The summed E-state index contributed by atoms with van der Waals surface area (Å²) in [4.78, 5) is 15.1. The van der Waals surface area contributed by atoms with E-state index in [-0.39, 0.29) is 5.69 Å². The second-order valence-corrected chi connectivity index (χ2v) is 5.71. The highest BCUT2D eigenvalue weighted by Crippen LogP contribution is 2.40. The number of hydrogen-bond donors (Lipinski definition) is 0. The average molecular weight is 333 g/mol. The molecular formula is C16H10Cl2N2O2. The normalized spacial score (nSPS) is 10.9. The maximum Gasteiger partial charge on any atom is 0.296 e. The van der Waals surface area contributed by atoms with Crippen molar-refractivity contribution in [3.63, 3.8) is 0 Å². The Morgan fingerprint density at radius 2 is 1.86 bits per heavy atom. The maximum atomic E-state index is 11.4. The molecule has 3 rings (SSSR count). The van der Waals surface area contributed by atoms with Gasteiger partial charge in [-0.25, -0.2) is 4.98 Å². The third kappa shape index (κ3) is 2.40. The van der Waals surface area contributed by atoms with Gasteiger partial charge in [-0.15, -0.1) is 0 Å². The molecule has 0 bridgehead atoms. The van der Waals surface area contributed by atoms with Gasteiger partial charge in [-0.1, -0.05) is 41.4 Å². The molecule has 1 heterocycles. The number of benzene rings is 2. The third-order valence-electron chi connectivity index (χ3n) is 3.39. The monoisotopic (exact) mass is 332 g/mol. The quantitative estimate of drug-likeness (QED) is 0.464. The van der Waals surface area contributed by atoms with Gasteiger partial charge in [-0.2, -0.15) is 0 Å². The van der Waals surface area contributed by atoms with E-state index in [0.717, 1.165) is 5.56 Å². The zero-order valence-corrected chi connectivity index (χ0v) is 13.0. The van der Waals surface area contributed by atoms with E-state index in [9.17, 15) is 10.1 Å². The molecule has 0 aliphatic carbocycles. The number of aromatic nitrogens is 1. The summed E-state index contributed by atoms with van der Waals surface area (Å²) >= 11 is 12.5. The molecule has 0 saturated heterocycles. The fourth-order valence-corrected chi connectivity index (χ4v) is 3.02. The van der Waals surface area contributed by atoms with Gasteiger partial charge in [-0.3, -0.25) is 10.1 Å². The molecule has 0 atom stereocenters. The van der Waals surface area contributed by atoms with Crippen LogP contribution in [-0.2, 0) is 0 Å². The largest absolute Gasteiger partial charge is 0.296 e. The van der Waals surface area contributed by atoms with E-state index < -0.39 is 4.92 Å². The van der Waals surface area contributed by atoms with Gasteiger partial charge < -0.3 is 0 Å². The number of halogens is 2.